The van der Waals surface area contributed by atoms with Crippen molar-refractivity contribution in [3.8, 4) is 0 Å². The van der Waals surface area contributed by atoms with Crippen LogP contribution in [0.3, 0.4) is 0 Å². The molecule has 1 saturated heterocycles. The molecule has 1 aliphatic rings. The van der Waals surface area contributed by atoms with Gasteiger partial charge in [-0.05, 0) is 69.5 Å². The molecule has 6 heteroatoms. The highest BCUT2D eigenvalue weighted by atomic mass is 127. The van der Waals surface area contributed by atoms with Crippen molar-refractivity contribution in [3.63, 3.8) is 0 Å². The summed E-state index contributed by atoms with van der Waals surface area (Å²) in [4.78, 5) is 14.3. The molecule has 2 atom stereocenters. The van der Waals surface area contributed by atoms with Crippen molar-refractivity contribution in [3.05, 3.63) is 16.0 Å². The topological polar surface area (TPSA) is 47.4 Å². The minimum Gasteiger partial charge on any atom is -0.444 e. The van der Waals surface area contributed by atoms with Gasteiger partial charge in [-0.25, -0.2) is 4.79 Å². The van der Waals surface area contributed by atoms with Gasteiger partial charge in [0.05, 0.1) is 21.9 Å². The fraction of sp³-hybridized carbons (Fsp3) is 0.733. The number of ether oxygens (including phenoxy) is 1. The molecular weight excluding hydrogens is 381 g/mol. The Bertz CT molecular complexity index is 495. The van der Waals surface area contributed by atoms with Crippen molar-refractivity contribution in [1.82, 2.24) is 14.7 Å². The molecule has 0 N–H and O–H groups in total. The van der Waals surface area contributed by atoms with E-state index in [2.05, 4.69) is 34.6 Å². The minimum absolute atomic E-state index is 0.143. The van der Waals surface area contributed by atoms with Crippen LogP contribution in [0.5, 0.6) is 0 Å². The first-order valence-electron chi connectivity index (χ1n) is 7.47. The second kappa shape index (κ2) is 6.54. The van der Waals surface area contributed by atoms with E-state index in [1.54, 1.807) is 0 Å². The molecule has 1 aromatic heterocycles. The molecule has 0 bridgehead atoms. The Morgan fingerprint density at radius 1 is 1.48 bits per heavy atom. The zero-order valence-corrected chi connectivity index (χ0v) is 15.3. The number of carbonyl (C=O) groups excluding carboxylic acids is 1. The Balaban J connectivity index is 2.13. The van der Waals surface area contributed by atoms with Gasteiger partial charge in [0.15, 0.2) is 0 Å². The first-order chi connectivity index (χ1) is 9.78. The largest absolute Gasteiger partial charge is 0.444 e. The monoisotopic (exact) mass is 405 g/mol. The van der Waals surface area contributed by atoms with Crippen LogP contribution in [0.15, 0.2) is 12.4 Å². The van der Waals surface area contributed by atoms with Crippen LogP contribution in [0, 0.1) is 3.57 Å². The number of nitrogens with zero attached hydrogens (tertiary/aromatic N) is 3. The summed E-state index contributed by atoms with van der Waals surface area (Å²) in [6.07, 6.45) is 6.84. The summed E-state index contributed by atoms with van der Waals surface area (Å²) in [5.74, 6) is 0. The summed E-state index contributed by atoms with van der Waals surface area (Å²) in [5.41, 5.74) is -0.455. The van der Waals surface area contributed by atoms with Crippen molar-refractivity contribution < 1.29 is 9.53 Å². The second-order valence-electron chi connectivity index (χ2n) is 6.62. The number of rotatable bonds is 2. The summed E-state index contributed by atoms with van der Waals surface area (Å²) in [6, 6.07) is 0.297. The number of hydrogen-bond acceptors (Lipinski definition) is 3. The van der Waals surface area contributed by atoms with Crippen molar-refractivity contribution in [2.24, 2.45) is 0 Å². The lowest BCUT2D eigenvalue weighted by atomic mass is 9.97. The average molecular weight is 405 g/mol. The van der Waals surface area contributed by atoms with Crippen LogP contribution in [0.25, 0.3) is 0 Å². The van der Waals surface area contributed by atoms with E-state index in [1.165, 1.54) is 0 Å². The summed E-state index contributed by atoms with van der Waals surface area (Å²) in [6.45, 7) is 8.61. The number of piperidine rings is 1. The SMILES string of the molecule is CC(C1CCCCN1C(=O)OC(C)(C)C)n1cc(I)cn1. The van der Waals surface area contributed by atoms with E-state index in [0.717, 1.165) is 29.4 Å². The van der Waals surface area contributed by atoms with Crippen LogP contribution >= 0.6 is 22.6 Å². The van der Waals surface area contributed by atoms with Crippen molar-refractivity contribution in [1.29, 1.82) is 0 Å². The highest BCUT2D eigenvalue weighted by Crippen LogP contribution is 2.28. The number of halogens is 1. The van der Waals surface area contributed by atoms with Crippen LogP contribution < -0.4 is 0 Å². The maximum absolute atomic E-state index is 12.4. The maximum atomic E-state index is 12.4. The van der Waals surface area contributed by atoms with Gasteiger partial charge in [-0.1, -0.05) is 0 Å². The lowest BCUT2D eigenvalue weighted by Gasteiger charge is -2.39. The van der Waals surface area contributed by atoms with Gasteiger partial charge >= 0.3 is 6.09 Å². The van der Waals surface area contributed by atoms with E-state index >= 15 is 0 Å². The van der Waals surface area contributed by atoms with E-state index in [-0.39, 0.29) is 18.2 Å². The fourth-order valence-corrected chi connectivity index (χ4v) is 3.13. The molecule has 2 rings (SSSR count). The number of carbonyl (C=O) groups is 1. The molecule has 1 aliphatic heterocycles. The standard InChI is InChI=1S/C15H24IN3O2/c1-11(19-10-12(16)9-17-19)13-7-5-6-8-18(13)14(20)21-15(2,3)4/h9-11,13H,5-8H2,1-4H3. The first-order valence-corrected chi connectivity index (χ1v) is 8.55. The molecule has 1 amide bonds. The molecule has 2 unspecified atom stereocenters. The van der Waals surface area contributed by atoms with Gasteiger partial charge < -0.3 is 9.64 Å². The smallest absolute Gasteiger partial charge is 0.410 e. The molecular formula is C15H24IN3O2. The second-order valence-corrected chi connectivity index (χ2v) is 7.86. The minimum atomic E-state index is -0.455. The van der Waals surface area contributed by atoms with Gasteiger partial charge in [-0.3, -0.25) is 4.68 Å². The third-order valence-corrected chi connectivity index (χ3v) is 4.28. The Labute approximate surface area is 140 Å². The van der Waals surface area contributed by atoms with Crippen molar-refractivity contribution in [2.75, 3.05) is 6.54 Å². The van der Waals surface area contributed by atoms with Crippen LogP contribution in [0.2, 0.25) is 0 Å². The summed E-state index contributed by atoms with van der Waals surface area (Å²) < 4.78 is 8.62. The van der Waals surface area contributed by atoms with E-state index in [4.69, 9.17) is 4.74 Å². The molecule has 5 nitrogen and oxygen atoms in total. The van der Waals surface area contributed by atoms with Crippen LogP contribution in [-0.4, -0.2) is 39.0 Å². The Kier molecular flexibility index (Phi) is 5.16. The first kappa shape index (κ1) is 16.6. The number of hydrogen-bond donors (Lipinski definition) is 0. The van der Waals surface area contributed by atoms with Gasteiger partial charge in [0.25, 0.3) is 0 Å². The molecule has 1 fully saturated rings. The third kappa shape index (κ3) is 4.34. The molecule has 0 aromatic carbocycles. The Morgan fingerprint density at radius 3 is 2.76 bits per heavy atom. The Morgan fingerprint density at radius 2 is 2.19 bits per heavy atom. The van der Waals surface area contributed by atoms with Gasteiger partial charge in [0.2, 0.25) is 0 Å². The summed E-state index contributed by atoms with van der Waals surface area (Å²) in [5, 5.41) is 4.39. The molecule has 0 radical (unpaired) electrons. The Hall–Kier alpha value is -0.790. The summed E-state index contributed by atoms with van der Waals surface area (Å²) >= 11 is 2.25. The predicted octanol–water partition coefficient (Wildman–Crippen LogP) is 3.84. The maximum Gasteiger partial charge on any atom is 0.410 e. The lowest BCUT2D eigenvalue weighted by Crippen LogP contribution is -2.49. The van der Waals surface area contributed by atoms with Crippen LogP contribution in [0.4, 0.5) is 4.79 Å². The molecule has 0 spiro atoms. The highest BCUT2D eigenvalue weighted by Gasteiger charge is 2.34. The van der Waals surface area contributed by atoms with E-state index < -0.39 is 5.60 Å². The highest BCUT2D eigenvalue weighted by molar-refractivity contribution is 14.1. The third-order valence-electron chi connectivity index (χ3n) is 3.72. The molecule has 2 heterocycles. The fourth-order valence-electron chi connectivity index (χ4n) is 2.72. The van der Waals surface area contributed by atoms with E-state index in [9.17, 15) is 4.79 Å². The molecule has 118 valence electrons. The van der Waals surface area contributed by atoms with Gasteiger partial charge in [0.1, 0.15) is 5.60 Å². The molecule has 0 saturated carbocycles. The van der Waals surface area contributed by atoms with E-state index in [1.807, 2.05) is 42.7 Å². The average Bonchev–Trinajstić information content (AvgIpc) is 2.82. The van der Waals surface area contributed by atoms with Gasteiger partial charge in [0, 0.05) is 12.7 Å². The molecule has 1 aromatic rings. The van der Waals surface area contributed by atoms with Gasteiger partial charge in [-0.15, -0.1) is 0 Å². The quantitative estimate of drug-likeness (QED) is 0.703. The summed E-state index contributed by atoms with van der Waals surface area (Å²) in [7, 11) is 0. The zero-order chi connectivity index (χ0) is 15.6. The predicted molar refractivity (Wildman–Crippen MR) is 90.2 cm³/mol. The zero-order valence-electron chi connectivity index (χ0n) is 13.2. The number of likely N-dealkylation sites (tertiary alicyclic amines) is 1. The van der Waals surface area contributed by atoms with E-state index in [0.29, 0.717) is 0 Å². The lowest BCUT2D eigenvalue weighted by molar-refractivity contribution is 0.00286. The van der Waals surface area contributed by atoms with Crippen LogP contribution in [0.1, 0.15) is 53.0 Å². The normalized spacial score (nSPS) is 21.2. The van der Waals surface area contributed by atoms with Crippen molar-refractivity contribution >= 4 is 28.7 Å². The van der Waals surface area contributed by atoms with Crippen LogP contribution in [-0.2, 0) is 4.74 Å². The number of aromatic nitrogens is 2. The van der Waals surface area contributed by atoms with Gasteiger partial charge in [-0.2, -0.15) is 5.10 Å². The van der Waals surface area contributed by atoms with Crippen molar-refractivity contribution in [2.45, 2.75) is 64.6 Å². The molecule has 0 aliphatic carbocycles. The number of amides is 1. The molecule has 21 heavy (non-hydrogen) atoms.